The van der Waals surface area contributed by atoms with Crippen LogP contribution >= 0.6 is 15.9 Å². The highest BCUT2D eigenvalue weighted by atomic mass is 79.9. The van der Waals surface area contributed by atoms with Crippen LogP contribution in [0.2, 0.25) is 0 Å². The summed E-state index contributed by atoms with van der Waals surface area (Å²) in [6, 6.07) is 11.3. The molecule has 0 aromatic heterocycles. The van der Waals surface area contributed by atoms with Gasteiger partial charge in [-0.05, 0) is 78.2 Å². The number of hydrogen-bond acceptors (Lipinski definition) is 9. The third kappa shape index (κ3) is 9.21. The van der Waals surface area contributed by atoms with E-state index in [1.165, 1.54) is 0 Å². The molecule has 0 saturated carbocycles. The highest BCUT2D eigenvalue weighted by molar-refractivity contribution is 9.10. The first-order valence-electron chi connectivity index (χ1n) is 18.4. The van der Waals surface area contributed by atoms with Gasteiger partial charge in [-0.2, -0.15) is 0 Å². The molecule has 2 N–H and O–H groups in total. The van der Waals surface area contributed by atoms with E-state index in [2.05, 4.69) is 31.0 Å². The SMILES string of the molecule is [B]c1cc(C[C@@H](OC(=O)N2CCC(N3CCc4ccccc4NC3=O)CC2)C(=O)N2CCC(N3CCN(CCC(=O)OCC)C3)CC2)cc(Br)c1O. The molecule has 0 spiro atoms. The molecule has 2 radical (unpaired) electrons. The van der Waals surface area contributed by atoms with Crippen LogP contribution in [0.3, 0.4) is 0 Å². The van der Waals surface area contributed by atoms with Crippen molar-refractivity contribution in [1.82, 2.24) is 24.5 Å². The number of amides is 4. The molecule has 278 valence electrons. The van der Waals surface area contributed by atoms with Crippen LogP contribution in [0.25, 0.3) is 0 Å². The van der Waals surface area contributed by atoms with E-state index in [1.807, 2.05) is 36.1 Å². The van der Waals surface area contributed by atoms with Crippen molar-refractivity contribution in [1.29, 1.82) is 0 Å². The maximum Gasteiger partial charge on any atom is 0.410 e. The van der Waals surface area contributed by atoms with Gasteiger partial charge in [0.05, 0.1) is 24.2 Å². The van der Waals surface area contributed by atoms with Crippen molar-refractivity contribution in [3.05, 3.63) is 52.0 Å². The maximum atomic E-state index is 14.1. The number of likely N-dealkylation sites (tertiary alicyclic amines) is 2. The fourth-order valence-corrected chi connectivity index (χ4v) is 8.29. The molecular formula is C37H48BBrN6O7. The average Bonchev–Trinajstić information content (AvgIpc) is 3.55. The monoisotopic (exact) mass is 778 g/mol. The minimum absolute atomic E-state index is 0.0188. The number of ether oxygens (including phenoxy) is 2. The van der Waals surface area contributed by atoms with Crippen molar-refractivity contribution in [2.75, 3.05) is 71.0 Å². The average molecular weight is 780 g/mol. The number of carbonyl (C=O) groups excluding carboxylic acids is 4. The number of esters is 1. The van der Waals surface area contributed by atoms with Crippen molar-refractivity contribution in [2.45, 2.75) is 70.1 Å². The van der Waals surface area contributed by atoms with Crippen LogP contribution in [-0.2, 0) is 31.9 Å². The number of rotatable bonds is 10. The summed E-state index contributed by atoms with van der Waals surface area (Å²) in [5.41, 5.74) is 2.75. The van der Waals surface area contributed by atoms with Gasteiger partial charge in [0.1, 0.15) is 13.6 Å². The van der Waals surface area contributed by atoms with Gasteiger partial charge in [-0.3, -0.25) is 19.4 Å². The lowest BCUT2D eigenvalue weighted by molar-refractivity contribution is -0.143. The summed E-state index contributed by atoms with van der Waals surface area (Å²) < 4.78 is 11.5. The first kappa shape index (κ1) is 37.9. The Morgan fingerprint density at radius 2 is 1.69 bits per heavy atom. The van der Waals surface area contributed by atoms with Gasteiger partial charge in [0.2, 0.25) is 0 Å². The number of carbonyl (C=O) groups is 4. The number of benzene rings is 2. The second-order valence-electron chi connectivity index (χ2n) is 14.0. The summed E-state index contributed by atoms with van der Waals surface area (Å²) in [7, 11) is 6.03. The Morgan fingerprint density at radius 3 is 2.42 bits per heavy atom. The largest absolute Gasteiger partial charge is 0.507 e. The molecule has 3 saturated heterocycles. The Balaban J connectivity index is 1.05. The van der Waals surface area contributed by atoms with Gasteiger partial charge >= 0.3 is 18.1 Å². The minimum atomic E-state index is -1.09. The van der Waals surface area contributed by atoms with Crippen LogP contribution < -0.4 is 10.8 Å². The number of piperidine rings is 2. The van der Waals surface area contributed by atoms with Crippen molar-refractivity contribution >= 4 is 58.9 Å². The van der Waals surface area contributed by atoms with Gasteiger partial charge in [-0.25, -0.2) is 9.59 Å². The predicted octanol–water partition coefficient (Wildman–Crippen LogP) is 3.07. The number of nitrogens with zero attached hydrogens (tertiary/aromatic N) is 5. The lowest BCUT2D eigenvalue weighted by Gasteiger charge is -2.39. The molecule has 0 bridgehead atoms. The van der Waals surface area contributed by atoms with Gasteiger partial charge in [-0.1, -0.05) is 29.7 Å². The second-order valence-corrected chi connectivity index (χ2v) is 14.9. The molecule has 4 heterocycles. The maximum absolute atomic E-state index is 14.1. The molecule has 1 atom stereocenters. The van der Waals surface area contributed by atoms with E-state index in [9.17, 15) is 24.3 Å². The van der Waals surface area contributed by atoms with E-state index >= 15 is 0 Å². The summed E-state index contributed by atoms with van der Waals surface area (Å²) in [4.78, 5) is 62.6. The fourth-order valence-electron chi connectivity index (χ4n) is 7.77. The van der Waals surface area contributed by atoms with Crippen LogP contribution in [-0.4, -0.2) is 145 Å². The number of anilines is 1. The van der Waals surface area contributed by atoms with Gasteiger partial charge in [0, 0.05) is 76.5 Å². The van der Waals surface area contributed by atoms with Crippen molar-refractivity contribution in [3.63, 3.8) is 0 Å². The van der Waals surface area contributed by atoms with E-state index in [-0.39, 0.29) is 41.6 Å². The fraction of sp³-hybridized carbons (Fsp3) is 0.568. The first-order chi connectivity index (χ1) is 25.1. The second kappa shape index (κ2) is 17.3. The molecule has 2 aromatic rings. The summed E-state index contributed by atoms with van der Waals surface area (Å²) in [6.07, 6.45) is 2.36. The normalized spacial score (nSPS) is 19.9. The molecular weight excluding hydrogens is 731 g/mol. The Morgan fingerprint density at radius 1 is 0.981 bits per heavy atom. The third-order valence-electron chi connectivity index (χ3n) is 10.7. The number of fused-ring (bicyclic) bond motifs is 1. The number of urea groups is 1. The summed E-state index contributed by atoms with van der Waals surface area (Å²) >= 11 is 3.33. The number of para-hydroxylation sites is 1. The lowest BCUT2D eigenvalue weighted by atomic mass is 9.91. The molecule has 3 fully saturated rings. The Labute approximate surface area is 315 Å². The third-order valence-corrected chi connectivity index (χ3v) is 11.3. The zero-order chi connectivity index (χ0) is 36.8. The molecule has 0 unspecified atom stereocenters. The minimum Gasteiger partial charge on any atom is -0.507 e. The first-order valence-corrected chi connectivity index (χ1v) is 19.2. The van der Waals surface area contributed by atoms with Crippen molar-refractivity contribution < 1.29 is 33.8 Å². The number of aromatic hydroxyl groups is 1. The highest BCUT2D eigenvalue weighted by Gasteiger charge is 2.37. The molecule has 6 rings (SSSR count). The quantitative estimate of drug-likeness (QED) is 0.276. The topological polar surface area (TPSA) is 135 Å². The number of hydrogen-bond donors (Lipinski definition) is 2. The molecule has 0 aliphatic carbocycles. The van der Waals surface area contributed by atoms with Crippen LogP contribution in [0.5, 0.6) is 5.75 Å². The van der Waals surface area contributed by atoms with E-state index in [0.717, 1.165) is 50.3 Å². The van der Waals surface area contributed by atoms with E-state index in [4.69, 9.17) is 17.3 Å². The summed E-state index contributed by atoms with van der Waals surface area (Å²) in [6.45, 7) is 7.90. The van der Waals surface area contributed by atoms with E-state index in [1.54, 1.807) is 21.9 Å². The Kier molecular flexibility index (Phi) is 12.6. The van der Waals surface area contributed by atoms with Crippen molar-refractivity contribution in [2.24, 2.45) is 0 Å². The number of nitrogens with one attached hydrogen (secondary N) is 1. The lowest BCUT2D eigenvalue weighted by Crippen LogP contribution is -2.52. The summed E-state index contributed by atoms with van der Waals surface area (Å²) in [5, 5.41) is 13.2. The van der Waals surface area contributed by atoms with Gasteiger partial charge in [0.25, 0.3) is 5.91 Å². The molecule has 2 aromatic carbocycles. The molecule has 4 aliphatic heterocycles. The standard InChI is InChI=1S/C37H48BBrN6O7/c1-2-51-33(46)12-13-41-19-20-44(24-41)27-8-14-42(15-9-27)35(48)32(23-25-21-29(38)34(47)30(39)22-25)52-37(50)43-16-10-28(11-17-43)45-18-7-26-5-3-4-6-31(26)40-36(45)49/h3-6,21-22,27-28,32,47H,2,7-20,23-24H2,1H3,(H,40,49)/t32-/m1/s1. The van der Waals surface area contributed by atoms with E-state index < -0.39 is 12.2 Å². The molecule has 15 heteroatoms. The van der Waals surface area contributed by atoms with Crippen LogP contribution in [0, 0.1) is 0 Å². The number of phenolic OH excluding ortho intramolecular Hbond substituents is 1. The Bertz CT molecular complexity index is 1590. The molecule has 52 heavy (non-hydrogen) atoms. The van der Waals surface area contributed by atoms with E-state index in [0.29, 0.717) is 81.2 Å². The molecule has 13 nitrogen and oxygen atoms in total. The number of phenols is 1. The summed E-state index contributed by atoms with van der Waals surface area (Å²) in [5.74, 6) is -0.525. The Hall–Kier alpha value is -3.82. The van der Waals surface area contributed by atoms with Gasteiger partial charge in [0.15, 0.2) is 6.10 Å². The highest BCUT2D eigenvalue weighted by Crippen LogP contribution is 2.27. The predicted molar refractivity (Wildman–Crippen MR) is 200 cm³/mol. The zero-order valence-electron chi connectivity index (χ0n) is 29.8. The van der Waals surface area contributed by atoms with Gasteiger partial charge in [-0.15, -0.1) is 0 Å². The van der Waals surface area contributed by atoms with Crippen LogP contribution in [0.4, 0.5) is 15.3 Å². The van der Waals surface area contributed by atoms with Gasteiger partial charge < -0.3 is 34.6 Å². The van der Waals surface area contributed by atoms with Crippen LogP contribution in [0.1, 0.15) is 50.2 Å². The molecule has 4 aliphatic rings. The smallest absolute Gasteiger partial charge is 0.410 e. The number of halogens is 1. The molecule has 4 amide bonds. The zero-order valence-corrected chi connectivity index (χ0v) is 31.4. The van der Waals surface area contributed by atoms with Crippen LogP contribution in [0.15, 0.2) is 40.9 Å². The van der Waals surface area contributed by atoms with Crippen molar-refractivity contribution in [3.8, 4) is 5.75 Å².